The summed E-state index contributed by atoms with van der Waals surface area (Å²) in [6.07, 6.45) is 3.60. The highest BCUT2D eigenvalue weighted by Crippen LogP contribution is 2.39. The zero-order valence-electron chi connectivity index (χ0n) is 16.9. The van der Waals surface area contributed by atoms with Crippen LogP contribution in [0.15, 0.2) is 30.6 Å². The summed E-state index contributed by atoms with van der Waals surface area (Å²) in [6, 6.07) is 6.08. The molecule has 29 heavy (non-hydrogen) atoms. The number of nitrogens with zero attached hydrogens (tertiary/aromatic N) is 4. The standard InChI is InChI=1S/C21H28N4O3S/c1-27-13-10-23-6-8-24(9-7-23)20(26)19-16-18(17-2-4-22-5-3-17)21(29-19)25-11-14-28-15-12-25/h2-5,16H,6-15H2,1H3. The zero-order chi connectivity index (χ0) is 20.1. The summed E-state index contributed by atoms with van der Waals surface area (Å²) in [7, 11) is 1.73. The molecule has 0 spiro atoms. The van der Waals surface area contributed by atoms with Gasteiger partial charge in [0.05, 0.1) is 29.7 Å². The SMILES string of the molecule is COCCN1CCN(C(=O)c2cc(-c3ccncc3)c(N3CCOCC3)s2)CC1. The molecule has 0 radical (unpaired) electrons. The van der Waals surface area contributed by atoms with Crippen molar-refractivity contribution in [1.82, 2.24) is 14.8 Å². The van der Waals surface area contributed by atoms with E-state index in [1.807, 2.05) is 17.0 Å². The molecule has 1 amide bonds. The summed E-state index contributed by atoms with van der Waals surface area (Å²) in [5.74, 6) is 0.135. The van der Waals surface area contributed by atoms with Gasteiger partial charge < -0.3 is 19.3 Å². The summed E-state index contributed by atoms with van der Waals surface area (Å²) in [6.45, 7) is 8.12. The molecule has 4 heterocycles. The number of methoxy groups -OCH3 is 1. The van der Waals surface area contributed by atoms with Crippen LogP contribution in [0.2, 0.25) is 0 Å². The number of aromatic nitrogens is 1. The largest absolute Gasteiger partial charge is 0.383 e. The second-order valence-electron chi connectivity index (χ2n) is 7.29. The number of carbonyl (C=O) groups is 1. The molecule has 0 aliphatic carbocycles. The Morgan fingerprint density at radius 2 is 1.86 bits per heavy atom. The second-order valence-corrected chi connectivity index (χ2v) is 8.32. The van der Waals surface area contributed by atoms with Crippen molar-refractivity contribution in [1.29, 1.82) is 0 Å². The number of hydrogen-bond donors (Lipinski definition) is 0. The van der Waals surface area contributed by atoms with Gasteiger partial charge in [-0.1, -0.05) is 0 Å². The van der Waals surface area contributed by atoms with E-state index in [1.165, 1.54) is 0 Å². The second kappa shape index (κ2) is 9.67. The van der Waals surface area contributed by atoms with Gasteiger partial charge in [-0.25, -0.2) is 0 Å². The van der Waals surface area contributed by atoms with Crippen LogP contribution in [0.5, 0.6) is 0 Å². The number of piperazine rings is 1. The van der Waals surface area contributed by atoms with E-state index in [2.05, 4.69) is 20.9 Å². The molecule has 2 aromatic heterocycles. The Hall–Kier alpha value is -2.00. The highest BCUT2D eigenvalue weighted by Gasteiger charge is 2.26. The summed E-state index contributed by atoms with van der Waals surface area (Å²) < 4.78 is 10.7. The molecule has 2 aliphatic rings. The maximum atomic E-state index is 13.2. The van der Waals surface area contributed by atoms with Crippen molar-refractivity contribution in [2.45, 2.75) is 0 Å². The minimum atomic E-state index is 0.135. The third kappa shape index (κ3) is 4.78. The first kappa shape index (κ1) is 20.3. The van der Waals surface area contributed by atoms with Crippen molar-refractivity contribution in [2.24, 2.45) is 0 Å². The first-order chi connectivity index (χ1) is 14.3. The third-order valence-electron chi connectivity index (χ3n) is 5.48. The lowest BCUT2D eigenvalue weighted by molar-refractivity contribution is 0.0598. The Kier molecular flexibility index (Phi) is 6.76. The number of amides is 1. The van der Waals surface area contributed by atoms with E-state index >= 15 is 0 Å². The smallest absolute Gasteiger partial charge is 0.264 e. The lowest BCUT2D eigenvalue weighted by Crippen LogP contribution is -2.49. The summed E-state index contributed by atoms with van der Waals surface area (Å²) >= 11 is 1.60. The molecule has 0 bridgehead atoms. The molecule has 156 valence electrons. The highest BCUT2D eigenvalue weighted by molar-refractivity contribution is 7.18. The molecule has 2 fully saturated rings. The van der Waals surface area contributed by atoms with Crippen LogP contribution in [0.1, 0.15) is 9.67 Å². The summed E-state index contributed by atoms with van der Waals surface area (Å²) in [5.41, 5.74) is 2.21. The van der Waals surface area contributed by atoms with Crippen LogP contribution >= 0.6 is 11.3 Å². The van der Waals surface area contributed by atoms with Crippen LogP contribution in [-0.2, 0) is 9.47 Å². The van der Waals surface area contributed by atoms with Crippen LogP contribution in [0, 0.1) is 0 Å². The van der Waals surface area contributed by atoms with E-state index in [9.17, 15) is 4.79 Å². The fourth-order valence-electron chi connectivity index (χ4n) is 3.78. The van der Waals surface area contributed by atoms with Crippen molar-refractivity contribution in [3.63, 3.8) is 0 Å². The molecule has 0 atom stereocenters. The van der Waals surface area contributed by atoms with Crippen molar-refractivity contribution in [3.05, 3.63) is 35.5 Å². The monoisotopic (exact) mass is 416 g/mol. The van der Waals surface area contributed by atoms with Gasteiger partial charge in [-0.15, -0.1) is 11.3 Å². The number of rotatable bonds is 6. The van der Waals surface area contributed by atoms with Gasteiger partial charge in [0, 0.05) is 70.9 Å². The van der Waals surface area contributed by atoms with Crippen molar-refractivity contribution in [2.75, 3.05) is 77.6 Å². The van der Waals surface area contributed by atoms with E-state index in [0.29, 0.717) is 0 Å². The minimum absolute atomic E-state index is 0.135. The molecule has 0 N–H and O–H groups in total. The van der Waals surface area contributed by atoms with Crippen LogP contribution in [-0.4, -0.2) is 93.4 Å². The molecule has 2 saturated heterocycles. The maximum absolute atomic E-state index is 13.2. The van der Waals surface area contributed by atoms with Gasteiger partial charge in [0.1, 0.15) is 0 Å². The van der Waals surface area contributed by atoms with Gasteiger partial charge in [0.2, 0.25) is 0 Å². The highest BCUT2D eigenvalue weighted by atomic mass is 32.1. The number of anilines is 1. The van der Waals surface area contributed by atoms with Gasteiger partial charge in [-0.05, 0) is 23.8 Å². The maximum Gasteiger partial charge on any atom is 0.264 e. The summed E-state index contributed by atoms with van der Waals surface area (Å²) in [4.78, 5) is 24.9. The fourth-order valence-corrected chi connectivity index (χ4v) is 4.98. The average Bonchev–Trinajstić information content (AvgIpc) is 3.24. The van der Waals surface area contributed by atoms with Crippen LogP contribution in [0.4, 0.5) is 5.00 Å². The average molecular weight is 417 g/mol. The number of ether oxygens (including phenoxy) is 2. The Bertz CT molecular complexity index is 800. The van der Waals surface area contributed by atoms with Crippen LogP contribution in [0.3, 0.4) is 0 Å². The molecule has 2 aliphatic heterocycles. The molecular formula is C21H28N4O3S. The van der Waals surface area contributed by atoms with Gasteiger partial charge in [0.25, 0.3) is 5.91 Å². The first-order valence-electron chi connectivity index (χ1n) is 10.1. The van der Waals surface area contributed by atoms with Crippen molar-refractivity contribution in [3.8, 4) is 11.1 Å². The normalized spacial score (nSPS) is 18.2. The van der Waals surface area contributed by atoms with Gasteiger partial charge in [-0.3, -0.25) is 14.7 Å². The topological polar surface area (TPSA) is 58.1 Å². The van der Waals surface area contributed by atoms with E-state index in [-0.39, 0.29) is 5.91 Å². The Balaban J connectivity index is 1.53. The Morgan fingerprint density at radius 3 is 2.55 bits per heavy atom. The molecule has 0 saturated carbocycles. The van der Waals surface area contributed by atoms with Gasteiger partial charge in [-0.2, -0.15) is 0 Å². The molecule has 8 heteroatoms. The zero-order valence-corrected chi connectivity index (χ0v) is 17.7. The van der Waals surface area contributed by atoms with Crippen molar-refractivity contribution < 1.29 is 14.3 Å². The molecule has 2 aromatic rings. The summed E-state index contributed by atoms with van der Waals surface area (Å²) in [5, 5.41) is 1.15. The molecule has 0 unspecified atom stereocenters. The van der Waals surface area contributed by atoms with Crippen molar-refractivity contribution >= 4 is 22.2 Å². The minimum Gasteiger partial charge on any atom is -0.383 e. The Labute approximate surface area is 175 Å². The third-order valence-corrected chi connectivity index (χ3v) is 6.67. The lowest BCUT2D eigenvalue weighted by Gasteiger charge is -2.34. The van der Waals surface area contributed by atoms with E-state index < -0.39 is 0 Å². The number of pyridine rings is 1. The quantitative estimate of drug-likeness (QED) is 0.718. The predicted octanol–water partition coefficient (Wildman–Crippen LogP) is 2.05. The Morgan fingerprint density at radius 1 is 1.14 bits per heavy atom. The lowest BCUT2D eigenvalue weighted by atomic mass is 10.1. The number of morpholine rings is 1. The molecule has 7 nitrogen and oxygen atoms in total. The molecule has 4 rings (SSSR count). The number of carbonyl (C=O) groups excluding carboxylic acids is 1. The molecular weight excluding hydrogens is 388 g/mol. The van der Waals surface area contributed by atoms with Gasteiger partial charge in [0.15, 0.2) is 0 Å². The van der Waals surface area contributed by atoms with E-state index in [0.717, 1.165) is 86.6 Å². The fraction of sp³-hybridized carbons (Fsp3) is 0.524. The number of hydrogen-bond acceptors (Lipinski definition) is 7. The van der Waals surface area contributed by atoms with Gasteiger partial charge >= 0.3 is 0 Å². The number of thiophene rings is 1. The van der Waals surface area contributed by atoms with E-state index in [1.54, 1.807) is 30.8 Å². The van der Waals surface area contributed by atoms with Crippen LogP contribution < -0.4 is 4.90 Å². The van der Waals surface area contributed by atoms with E-state index in [4.69, 9.17) is 9.47 Å². The predicted molar refractivity (Wildman–Crippen MR) is 115 cm³/mol. The first-order valence-corrected chi connectivity index (χ1v) is 11.0. The van der Waals surface area contributed by atoms with Crippen LogP contribution in [0.25, 0.3) is 11.1 Å². The molecule has 0 aromatic carbocycles.